The van der Waals surface area contributed by atoms with Gasteiger partial charge in [-0.3, -0.25) is 4.79 Å². The van der Waals surface area contributed by atoms with Gasteiger partial charge in [-0.1, -0.05) is 5.16 Å². The van der Waals surface area contributed by atoms with Crippen molar-refractivity contribution in [3.8, 4) is 0 Å². The predicted octanol–water partition coefficient (Wildman–Crippen LogP) is 5.20. The van der Waals surface area contributed by atoms with Crippen LogP contribution in [-0.4, -0.2) is 41.7 Å². The SMILES string of the molecule is O=Cc1ccc(SCCCN2CCC(c3noc4cc(F)ccc34)CC2)s1. The highest BCUT2D eigenvalue weighted by atomic mass is 32.2. The summed E-state index contributed by atoms with van der Waals surface area (Å²) < 4.78 is 19.8. The lowest BCUT2D eigenvalue weighted by atomic mass is 9.91. The summed E-state index contributed by atoms with van der Waals surface area (Å²) in [5, 5.41) is 5.16. The second-order valence-corrected chi connectivity index (χ2v) is 9.31. The Balaban J connectivity index is 1.23. The molecular weight excluding hydrogens is 383 g/mol. The number of thioether (sulfide) groups is 1. The van der Waals surface area contributed by atoms with Crippen LogP contribution in [0.2, 0.25) is 0 Å². The number of halogens is 1. The number of fused-ring (bicyclic) bond motifs is 1. The van der Waals surface area contributed by atoms with Crippen LogP contribution < -0.4 is 0 Å². The summed E-state index contributed by atoms with van der Waals surface area (Å²) in [5.74, 6) is 1.16. The first kappa shape index (κ1) is 18.7. The zero-order chi connectivity index (χ0) is 18.6. The lowest BCUT2D eigenvalue weighted by Crippen LogP contribution is -2.34. The summed E-state index contributed by atoms with van der Waals surface area (Å²) in [6.07, 6.45) is 4.16. The van der Waals surface area contributed by atoms with E-state index in [0.717, 1.165) is 66.9 Å². The maximum atomic E-state index is 13.3. The summed E-state index contributed by atoms with van der Waals surface area (Å²) in [7, 11) is 0. The van der Waals surface area contributed by atoms with E-state index in [1.807, 2.05) is 23.9 Å². The van der Waals surface area contributed by atoms with Crippen molar-refractivity contribution in [2.24, 2.45) is 0 Å². The maximum absolute atomic E-state index is 13.3. The number of hydrogen-bond acceptors (Lipinski definition) is 6. The highest BCUT2D eigenvalue weighted by Crippen LogP contribution is 2.33. The van der Waals surface area contributed by atoms with E-state index in [0.29, 0.717) is 11.5 Å². The topological polar surface area (TPSA) is 46.3 Å². The van der Waals surface area contributed by atoms with Crippen LogP contribution in [0.15, 0.2) is 39.1 Å². The van der Waals surface area contributed by atoms with Crippen LogP contribution in [0.4, 0.5) is 4.39 Å². The van der Waals surface area contributed by atoms with Gasteiger partial charge < -0.3 is 9.42 Å². The zero-order valence-electron chi connectivity index (χ0n) is 14.9. The monoisotopic (exact) mass is 404 g/mol. The molecule has 3 aromatic rings. The molecule has 4 nitrogen and oxygen atoms in total. The first-order chi connectivity index (χ1) is 13.2. The minimum Gasteiger partial charge on any atom is -0.356 e. The third-order valence-electron chi connectivity index (χ3n) is 5.02. The van der Waals surface area contributed by atoms with Gasteiger partial charge in [0.2, 0.25) is 0 Å². The number of nitrogens with zero attached hydrogens (tertiary/aromatic N) is 2. The minimum atomic E-state index is -0.289. The van der Waals surface area contributed by atoms with Crippen molar-refractivity contribution in [2.75, 3.05) is 25.4 Å². The molecule has 1 saturated heterocycles. The van der Waals surface area contributed by atoms with E-state index in [1.54, 1.807) is 17.4 Å². The Morgan fingerprint density at radius 2 is 2.15 bits per heavy atom. The summed E-state index contributed by atoms with van der Waals surface area (Å²) in [6.45, 7) is 3.20. The molecule has 4 rings (SSSR count). The van der Waals surface area contributed by atoms with E-state index in [9.17, 15) is 9.18 Å². The molecule has 0 aliphatic carbocycles. The van der Waals surface area contributed by atoms with Gasteiger partial charge in [0.1, 0.15) is 5.82 Å². The first-order valence-corrected chi connectivity index (χ1v) is 11.0. The molecule has 0 radical (unpaired) electrons. The molecule has 1 aromatic carbocycles. The number of hydrogen-bond donors (Lipinski definition) is 0. The molecule has 3 heterocycles. The average Bonchev–Trinajstić information content (AvgIpc) is 3.32. The molecule has 0 saturated carbocycles. The molecule has 0 atom stereocenters. The second kappa shape index (κ2) is 8.54. The molecule has 2 aromatic heterocycles. The van der Waals surface area contributed by atoms with E-state index in [-0.39, 0.29) is 5.82 Å². The number of rotatable bonds is 7. The standard InChI is InChI=1S/C20H21FN2O2S2/c21-15-2-4-17-18(12-15)25-22-20(17)14-6-9-23(10-7-14)8-1-11-26-19-5-3-16(13-24)27-19/h2-5,12-14H,1,6-11H2. The third kappa shape index (κ3) is 4.42. The molecule has 0 bridgehead atoms. The number of thiophene rings is 1. The van der Waals surface area contributed by atoms with Gasteiger partial charge >= 0.3 is 0 Å². The molecule has 0 amide bonds. The van der Waals surface area contributed by atoms with Crippen LogP contribution in [0, 0.1) is 5.82 Å². The average molecular weight is 405 g/mol. The zero-order valence-corrected chi connectivity index (χ0v) is 16.5. The number of carbonyl (C=O) groups excluding carboxylic acids is 1. The smallest absolute Gasteiger partial charge is 0.170 e. The van der Waals surface area contributed by atoms with Gasteiger partial charge in [0.05, 0.1) is 14.8 Å². The van der Waals surface area contributed by atoms with Crippen molar-refractivity contribution in [3.63, 3.8) is 0 Å². The van der Waals surface area contributed by atoms with Crippen LogP contribution >= 0.6 is 23.1 Å². The van der Waals surface area contributed by atoms with Crippen molar-refractivity contribution < 1.29 is 13.7 Å². The number of carbonyl (C=O) groups is 1. The largest absolute Gasteiger partial charge is 0.356 e. The Hall–Kier alpha value is -1.70. The fourth-order valence-electron chi connectivity index (χ4n) is 3.59. The molecule has 0 N–H and O–H groups in total. The van der Waals surface area contributed by atoms with Gasteiger partial charge in [-0.25, -0.2) is 4.39 Å². The minimum absolute atomic E-state index is 0.289. The van der Waals surface area contributed by atoms with Gasteiger partial charge in [-0.2, -0.15) is 0 Å². The van der Waals surface area contributed by atoms with Crippen molar-refractivity contribution in [3.05, 3.63) is 46.7 Å². The summed E-state index contributed by atoms with van der Waals surface area (Å²) in [5.41, 5.74) is 1.51. The van der Waals surface area contributed by atoms with E-state index in [1.165, 1.54) is 16.3 Å². The van der Waals surface area contributed by atoms with Crippen LogP contribution in [0.1, 0.15) is 40.5 Å². The number of aromatic nitrogens is 1. The number of benzene rings is 1. The maximum Gasteiger partial charge on any atom is 0.170 e. The fraction of sp³-hybridized carbons (Fsp3) is 0.400. The van der Waals surface area contributed by atoms with E-state index in [4.69, 9.17) is 4.52 Å². The first-order valence-electron chi connectivity index (χ1n) is 9.18. The Morgan fingerprint density at radius 3 is 2.93 bits per heavy atom. The highest BCUT2D eigenvalue weighted by molar-refractivity contribution is 8.01. The number of likely N-dealkylation sites (tertiary alicyclic amines) is 1. The van der Waals surface area contributed by atoms with Crippen molar-refractivity contribution in [1.29, 1.82) is 0 Å². The van der Waals surface area contributed by atoms with Crippen molar-refractivity contribution in [2.45, 2.75) is 29.4 Å². The molecular formula is C20H21FN2O2S2. The lowest BCUT2D eigenvalue weighted by Gasteiger charge is -2.31. The molecule has 142 valence electrons. The van der Waals surface area contributed by atoms with E-state index >= 15 is 0 Å². The lowest BCUT2D eigenvalue weighted by molar-refractivity contribution is 0.112. The quantitative estimate of drug-likeness (QED) is 0.308. The Bertz CT molecular complexity index is 916. The summed E-state index contributed by atoms with van der Waals surface area (Å²) in [6, 6.07) is 8.57. The van der Waals surface area contributed by atoms with Crippen molar-refractivity contribution in [1.82, 2.24) is 10.1 Å². The third-order valence-corrected chi connectivity index (χ3v) is 7.34. The van der Waals surface area contributed by atoms with Gasteiger partial charge in [0.25, 0.3) is 0 Å². The molecule has 0 spiro atoms. The van der Waals surface area contributed by atoms with Gasteiger partial charge in [0, 0.05) is 23.1 Å². The van der Waals surface area contributed by atoms with Gasteiger partial charge in [0.15, 0.2) is 11.9 Å². The molecule has 7 heteroatoms. The fourth-order valence-corrected chi connectivity index (χ4v) is 5.56. The van der Waals surface area contributed by atoms with E-state index < -0.39 is 0 Å². The van der Waals surface area contributed by atoms with Gasteiger partial charge in [-0.15, -0.1) is 23.1 Å². The number of piperidine rings is 1. The molecule has 1 fully saturated rings. The molecule has 0 unspecified atom stereocenters. The summed E-state index contributed by atoms with van der Waals surface area (Å²) >= 11 is 3.39. The van der Waals surface area contributed by atoms with Crippen LogP contribution in [0.3, 0.4) is 0 Å². The normalized spacial score (nSPS) is 16.2. The number of aldehydes is 1. The van der Waals surface area contributed by atoms with Crippen LogP contribution in [-0.2, 0) is 0 Å². The van der Waals surface area contributed by atoms with E-state index in [2.05, 4.69) is 10.1 Å². The van der Waals surface area contributed by atoms with Crippen LogP contribution in [0.5, 0.6) is 0 Å². The molecule has 1 aliphatic heterocycles. The summed E-state index contributed by atoms with van der Waals surface area (Å²) in [4.78, 5) is 14.0. The Labute approximate surface area is 165 Å². The van der Waals surface area contributed by atoms with Crippen LogP contribution in [0.25, 0.3) is 11.0 Å². The second-order valence-electron chi connectivity index (χ2n) is 6.80. The van der Waals surface area contributed by atoms with Crippen molar-refractivity contribution >= 4 is 40.4 Å². The molecule has 1 aliphatic rings. The Morgan fingerprint density at radius 1 is 1.30 bits per heavy atom. The highest BCUT2D eigenvalue weighted by Gasteiger charge is 2.24. The molecule has 27 heavy (non-hydrogen) atoms. The Kier molecular flexibility index (Phi) is 5.90. The van der Waals surface area contributed by atoms with Gasteiger partial charge in [-0.05, 0) is 63.2 Å². The predicted molar refractivity (Wildman–Crippen MR) is 107 cm³/mol.